The molecule has 1 N–H and O–H groups in total. The van der Waals surface area contributed by atoms with Crippen molar-refractivity contribution in [3.05, 3.63) is 95.8 Å². The van der Waals surface area contributed by atoms with Crippen LogP contribution < -0.4 is 10.2 Å². The highest BCUT2D eigenvalue weighted by molar-refractivity contribution is 5.88. The van der Waals surface area contributed by atoms with Gasteiger partial charge in [0.25, 0.3) is 0 Å². The van der Waals surface area contributed by atoms with Gasteiger partial charge in [-0.05, 0) is 69.5 Å². The van der Waals surface area contributed by atoms with Crippen molar-refractivity contribution in [2.45, 2.75) is 33.6 Å². The largest absolute Gasteiger partial charge is 0.369 e. The molecule has 210 valence electrons. The van der Waals surface area contributed by atoms with E-state index in [0.717, 1.165) is 92.0 Å². The molecule has 3 heterocycles. The Hall–Kier alpha value is -4.23. The Balaban J connectivity index is 1.10. The molecular weight excluding hydrogens is 506 g/mol. The van der Waals surface area contributed by atoms with Gasteiger partial charge in [-0.3, -0.25) is 9.47 Å². The van der Waals surface area contributed by atoms with Gasteiger partial charge in [0.15, 0.2) is 17.0 Å². The van der Waals surface area contributed by atoms with E-state index in [9.17, 15) is 0 Å². The van der Waals surface area contributed by atoms with Gasteiger partial charge >= 0.3 is 0 Å². The van der Waals surface area contributed by atoms with E-state index in [-0.39, 0.29) is 0 Å². The standard InChI is InChI=1S/C34H39N7/c1-25-13-12-18-30(26(25)2)40-23-21-39(22-24-40)20-11-10-19-35-32-31-34(37-27(3)36-32)41(29-16-8-5-9-17-29)33(38-31)28-14-6-4-7-15-28/h4-9,12-18H,10-11,19-24H2,1-3H3,(H,35,36,37). The van der Waals surface area contributed by atoms with E-state index in [2.05, 4.69) is 76.0 Å². The highest BCUT2D eigenvalue weighted by atomic mass is 15.3. The lowest BCUT2D eigenvalue weighted by molar-refractivity contribution is 0.253. The molecule has 5 aromatic rings. The molecule has 3 aromatic carbocycles. The highest BCUT2D eigenvalue weighted by Crippen LogP contribution is 2.30. The first-order valence-corrected chi connectivity index (χ1v) is 14.7. The molecule has 1 aliphatic rings. The van der Waals surface area contributed by atoms with Crippen molar-refractivity contribution < 1.29 is 0 Å². The van der Waals surface area contributed by atoms with E-state index in [1.165, 1.54) is 16.8 Å². The van der Waals surface area contributed by atoms with E-state index in [4.69, 9.17) is 15.0 Å². The van der Waals surface area contributed by atoms with Crippen LogP contribution in [0, 0.1) is 20.8 Å². The summed E-state index contributed by atoms with van der Waals surface area (Å²) < 4.78 is 2.14. The van der Waals surface area contributed by atoms with Gasteiger partial charge in [0, 0.05) is 49.7 Å². The summed E-state index contributed by atoms with van der Waals surface area (Å²) in [6.07, 6.45) is 2.23. The number of nitrogens with one attached hydrogen (secondary N) is 1. The fourth-order valence-corrected chi connectivity index (χ4v) is 5.75. The summed E-state index contributed by atoms with van der Waals surface area (Å²) in [7, 11) is 0. The molecule has 7 nitrogen and oxygen atoms in total. The number of piperazine rings is 1. The number of benzene rings is 3. The number of rotatable bonds is 9. The maximum atomic E-state index is 5.08. The molecule has 0 amide bonds. The number of nitrogens with zero attached hydrogens (tertiary/aromatic N) is 6. The molecule has 1 saturated heterocycles. The molecule has 0 aliphatic carbocycles. The van der Waals surface area contributed by atoms with E-state index in [0.29, 0.717) is 0 Å². The highest BCUT2D eigenvalue weighted by Gasteiger charge is 2.20. The quantitative estimate of drug-likeness (QED) is 0.216. The van der Waals surface area contributed by atoms with Crippen LogP contribution in [0.4, 0.5) is 11.5 Å². The number of anilines is 2. The number of aromatic nitrogens is 4. The number of hydrogen-bond acceptors (Lipinski definition) is 6. The average Bonchev–Trinajstić information content (AvgIpc) is 3.39. The average molecular weight is 546 g/mol. The van der Waals surface area contributed by atoms with Gasteiger partial charge in [-0.1, -0.05) is 60.7 Å². The minimum absolute atomic E-state index is 0.735. The number of imidazole rings is 1. The normalized spacial score (nSPS) is 14.1. The van der Waals surface area contributed by atoms with Crippen molar-refractivity contribution in [1.82, 2.24) is 24.4 Å². The molecule has 0 saturated carbocycles. The maximum Gasteiger partial charge on any atom is 0.170 e. The predicted molar refractivity (Wildman–Crippen MR) is 169 cm³/mol. The monoisotopic (exact) mass is 545 g/mol. The smallest absolute Gasteiger partial charge is 0.170 e. The second-order valence-electron chi connectivity index (χ2n) is 10.9. The Morgan fingerprint density at radius 2 is 1.46 bits per heavy atom. The number of fused-ring (bicyclic) bond motifs is 1. The SMILES string of the molecule is Cc1nc(NCCCCN2CCN(c3cccc(C)c3C)CC2)c2nc(-c3ccccc3)n(-c3ccccc3)c2n1. The van der Waals surface area contributed by atoms with Crippen LogP contribution in [0.5, 0.6) is 0 Å². The summed E-state index contributed by atoms with van der Waals surface area (Å²) in [6.45, 7) is 12.8. The van der Waals surface area contributed by atoms with Crippen molar-refractivity contribution in [2.24, 2.45) is 0 Å². The lowest BCUT2D eigenvalue weighted by Gasteiger charge is -2.37. The minimum Gasteiger partial charge on any atom is -0.369 e. The lowest BCUT2D eigenvalue weighted by Crippen LogP contribution is -2.46. The molecule has 1 fully saturated rings. The molecule has 0 spiro atoms. The summed E-state index contributed by atoms with van der Waals surface area (Å²) in [5, 5.41) is 3.60. The van der Waals surface area contributed by atoms with Crippen molar-refractivity contribution in [3.63, 3.8) is 0 Å². The number of unbranched alkanes of at least 4 members (excludes halogenated alkanes) is 1. The summed E-state index contributed by atoms with van der Waals surface area (Å²) >= 11 is 0. The lowest BCUT2D eigenvalue weighted by atomic mass is 10.1. The van der Waals surface area contributed by atoms with Crippen LogP contribution in [0.15, 0.2) is 78.9 Å². The first kappa shape index (κ1) is 27.0. The molecule has 0 atom stereocenters. The molecule has 41 heavy (non-hydrogen) atoms. The zero-order valence-electron chi connectivity index (χ0n) is 24.3. The summed E-state index contributed by atoms with van der Waals surface area (Å²) in [4.78, 5) is 19.8. The second kappa shape index (κ2) is 12.1. The molecule has 6 rings (SSSR count). The molecule has 1 aliphatic heterocycles. The van der Waals surface area contributed by atoms with Gasteiger partial charge in [0.1, 0.15) is 11.6 Å². The summed E-state index contributed by atoms with van der Waals surface area (Å²) in [5.74, 6) is 2.41. The van der Waals surface area contributed by atoms with Crippen LogP contribution in [0.2, 0.25) is 0 Å². The van der Waals surface area contributed by atoms with Crippen molar-refractivity contribution in [2.75, 3.05) is 49.5 Å². The van der Waals surface area contributed by atoms with Crippen LogP contribution in [-0.2, 0) is 0 Å². The number of aryl methyl sites for hydroxylation is 2. The van der Waals surface area contributed by atoms with Crippen LogP contribution in [0.1, 0.15) is 29.8 Å². The van der Waals surface area contributed by atoms with Gasteiger partial charge < -0.3 is 10.2 Å². The molecule has 0 bridgehead atoms. The van der Waals surface area contributed by atoms with Gasteiger partial charge in [-0.15, -0.1) is 0 Å². The van der Waals surface area contributed by atoms with E-state index in [1.807, 2.05) is 43.3 Å². The Morgan fingerprint density at radius 3 is 2.22 bits per heavy atom. The van der Waals surface area contributed by atoms with Crippen LogP contribution in [-0.4, -0.2) is 63.7 Å². The third-order valence-corrected chi connectivity index (χ3v) is 8.15. The maximum absolute atomic E-state index is 5.08. The van der Waals surface area contributed by atoms with Crippen molar-refractivity contribution >= 4 is 22.7 Å². The predicted octanol–water partition coefficient (Wildman–Crippen LogP) is 6.42. The Labute approximate surface area is 242 Å². The van der Waals surface area contributed by atoms with Gasteiger partial charge in [-0.25, -0.2) is 15.0 Å². The zero-order valence-corrected chi connectivity index (χ0v) is 24.3. The summed E-state index contributed by atoms with van der Waals surface area (Å²) in [6, 6.07) is 27.3. The summed E-state index contributed by atoms with van der Waals surface area (Å²) in [5.41, 5.74) is 7.89. The fraction of sp³-hybridized carbons (Fsp3) is 0.324. The Morgan fingerprint density at radius 1 is 0.732 bits per heavy atom. The van der Waals surface area contributed by atoms with Gasteiger partial charge in [0.2, 0.25) is 0 Å². The molecule has 7 heteroatoms. The van der Waals surface area contributed by atoms with Gasteiger partial charge in [0.05, 0.1) is 0 Å². The van der Waals surface area contributed by atoms with E-state index >= 15 is 0 Å². The Kier molecular flexibility index (Phi) is 7.96. The van der Waals surface area contributed by atoms with Crippen molar-refractivity contribution in [1.29, 1.82) is 0 Å². The topological polar surface area (TPSA) is 62.1 Å². The third kappa shape index (κ3) is 5.81. The Bertz CT molecular complexity index is 1600. The first-order chi connectivity index (χ1) is 20.1. The minimum atomic E-state index is 0.735. The molecule has 0 radical (unpaired) electrons. The van der Waals surface area contributed by atoms with Crippen LogP contribution in [0.3, 0.4) is 0 Å². The van der Waals surface area contributed by atoms with Crippen LogP contribution >= 0.6 is 0 Å². The number of para-hydroxylation sites is 1. The van der Waals surface area contributed by atoms with E-state index in [1.54, 1.807) is 0 Å². The third-order valence-electron chi connectivity index (χ3n) is 8.15. The second-order valence-corrected chi connectivity index (χ2v) is 10.9. The first-order valence-electron chi connectivity index (χ1n) is 14.7. The van der Waals surface area contributed by atoms with Gasteiger partial charge in [-0.2, -0.15) is 0 Å². The zero-order chi connectivity index (χ0) is 28.2. The van der Waals surface area contributed by atoms with Crippen molar-refractivity contribution in [3.8, 4) is 17.1 Å². The van der Waals surface area contributed by atoms with E-state index < -0.39 is 0 Å². The number of hydrogen-bond donors (Lipinski definition) is 1. The molecular formula is C34H39N7. The fourth-order valence-electron chi connectivity index (χ4n) is 5.75. The molecule has 0 unspecified atom stereocenters. The molecule has 2 aromatic heterocycles. The van der Waals surface area contributed by atoms with Crippen LogP contribution in [0.25, 0.3) is 28.2 Å².